The van der Waals surface area contributed by atoms with Gasteiger partial charge in [-0.2, -0.15) is 0 Å². The summed E-state index contributed by atoms with van der Waals surface area (Å²) in [5.41, 5.74) is 7.58. The zero-order valence-corrected chi connectivity index (χ0v) is 6.75. The molecule has 3 unspecified atom stereocenters. The number of azide groups is 1. The van der Waals surface area contributed by atoms with Crippen molar-refractivity contribution in [1.82, 2.24) is 0 Å². The van der Waals surface area contributed by atoms with Crippen molar-refractivity contribution in [2.24, 2.45) is 11.0 Å². The average molecular weight is 185 g/mol. The van der Waals surface area contributed by atoms with Gasteiger partial charge in [0.15, 0.2) is 5.79 Å². The fourth-order valence-electron chi connectivity index (χ4n) is 2.60. The van der Waals surface area contributed by atoms with Gasteiger partial charge in [0.2, 0.25) is 0 Å². The molecule has 2 saturated heterocycles. The molecule has 1 N–H and O–H groups in total. The van der Waals surface area contributed by atoms with E-state index in [9.17, 15) is 5.11 Å². The van der Waals surface area contributed by atoms with E-state index in [1.54, 1.807) is 0 Å². The largest absolute Gasteiger partial charge is 0.371 e. The summed E-state index contributed by atoms with van der Waals surface area (Å²) in [6.07, 6.45) is -0.0575. The Hall–Kier alpha value is -0.810. The lowest BCUT2D eigenvalue weighted by Crippen LogP contribution is -2.76. The van der Waals surface area contributed by atoms with Crippen LogP contribution < -0.4 is 0 Å². The van der Waals surface area contributed by atoms with E-state index in [4.69, 9.17) is 16.4 Å². The summed E-state index contributed by atoms with van der Waals surface area (Å²) < 4.78 is 18.1. The van der Waals surface area contributed by atoms with Gasteiger partial charge in [-0.05, 0) is 5.53 Å². The highest BCUT2D eigenvalue weighted by Gasteiger charge is 2.78. The number of hydrogen-bond donors (Lipinski definition) is 1. The van der Waals surface area contributed by atoms with Crippen molar-refractivity contribution in [3.05, 3.63) is 10.4 Å². The van der Waals surface area contributed by atoms with E-state index in [1.165, 1.54) is 0 Å². The predicted octanol–water partition coefficient (Wildman–Crippen LogP) is 0.173. The van der Waals surface area contributed by atoms with Crippen molar-refractivity contribution in [3.63, 3.8) is 0 Å². The molecule has 3 aliphatic rings. The Kier molecular flexibility index (Phi) is 1.01. The second-order valence-electron chi connectivity index (χ2n) is 3.79. The molecule has 3 fully saturated rings. The minimum absolute atomic E-state index is 0.172. The first-order chi connectivity index (χ1) is 6.61. The van der Waals surface area contributed by atoms with Gasteiger partial charge < -0.3 is 14.6 Å². The van der Waals surface area contributed by atoms with Gasteiger partial charge in [0, 0.05) is 11.3 Å². The Labute approximate surface area is 75.5 Å². The minimum Gasteiger partial charge on any atom is -0.371 e. The van der Waals surface area contributed by atoms with E-state index in [1.807, 2.05) is 0 Å². The number of aliphatic hydroxyl groups is 1. The average Bonchev–Trinajstić information content (AvgIpc) is 2.20. The second kappa shape index (κ2) is 1.99. The molecule has 1 aliphatic carbocycles. The SMILES string of the molecule is [3H][C@@H]1O[C@@]2(CN=[N+]=[N-])CC3(O)OC1C32. The summed E-state index contributed by atoms with van der Waals surface area (Å²) in [6.45, 7) is -0.595. The van der Waals surface area contributed by atoms with Gasteiger partial charge in [-0.1, -0.05) is 5.11 Å². The van der Waals surface area contributed by atoms with E-state index < -0.39 is 18.0 Å². The summed E-state index contributed by atoms with van der Waals surface area (Å²) in [5.74, 6) is -1.31. The Morgan fingerprint density at radius 1 is 1.85 bits per heavy atom. The monoisotopic (exact) mass is 185 g/mol. The number of nitrogens with zero attached hydrogens (tertiary/aromatic N) is 3. The molecule has 3 rings (SSSR count). The van der Waals surface area contributed by atoms with E-state index >= 15 is 0 Å². The summed E-state index contributed by atoms with van der Waals surface area (Å²) in [7, 11) is 0. The highest BCUT2D eigenvalue weighted by molar-refractivity contribution is 5.22. The van der Waals surface area contributed by atoms with Gasteiger partial charge in [-0.15, -0.1) is 0 Å². The zero-order valence-electron chi connectivity index (χ0n) is 7.75. The number of rotatable bonds is 2. The molecule has 70 valence electrons. The lowest BCUT2D eigenvalue weighted by atomic mass is 9.59. The summed E-state index contributed by atoms with van der Waals surface area (Å²) >= 11 is 0. The van der Waals surface area contributed by atoms with E-state index in [0.717, 1.165) is 0 Å². The maximum atomic E-state index is 9.71. The third-order valence-corrected chi connectivity index (χ3v) is 3.11. The first kappa shape index (κ1) is 6.62. The van der Waals surface area contributed by atoms with Crippen LogP contribution >= 0.6 is 0 Å². The smallest absolute Gasteiger partial charge is 0.176 e. The molecule has 6 nitrogen and oxygen atoms in total. The van der Waals surface area contributed by atoms with Gasteiger partial charge in [-0.3, -0.25) is 0 Å². The molecule has 5 atom stereocenters. The summed E-state index contributed by atoms with van der Waals surface area (Å²) in [5, 5.41) is 13.2. The summed E-state index contributed by atoms with van der Waals surface area (Å²) in [4.78, 5) is 2.66. The molecule has 0 aromatic carbocycles. The Morgan fingerprint density at radius 3 is 3.38 bits per heavy atom. The van der Waals surface area contributed by atoms with Crippen molar-refractivity contribution >= 4 is 0 Å². The maximum Gasteiger partial charge on any atom is 0.176 e. The van der Waals surface area contributed by atoms with Crippen LogP contribution in [-0.2, 0) is 9.47 Å². The molecular formula is C7H9N3O3. The third kappa shape index (κ3) is 0.683. The molecular weight excluding hydrogens is 174 g/mol. The van der Waals surface area contributed by atoms with Gasteiger partial charge in [0.25, 0.3) is 0 Å². The quantitative estimate of drug-likeness (QED) is 0.378. The zero-order chi connectivity index (χ0) is 9.97. The molecule has 0 aromatic rings. The van der Waals surface area contributed by atoms with Gasteiger partial charge >= 0.3 is 0 Å². The van der Waals surface area contributed by atoms with Crippen LogP contribution in [0.3, 0.4) is 0 Å². The topological polar surface area (TPSA) is 87.5 Å². The van der Waals surface area contributed by atoms with Crippen LogP contribution in [0.1, 0.15) is 7.79 Å². The molecule has 1 saturated carbocycles. The predicted molar refractivity (Wildman–Crippen MR) is 40.6 cm³/mol. The Bertz CT molecular complexity index is 343. The minimum atomic E-state index is -1.12. The highest BCUT2D eigenvalue weighted by atomic mass is 16.7. The lowest BCUT2D eigenvalue weighted by Gasteiger charge is -2.62. The molecule has 0 spiro atoms. The summed E-state index contributed by atoms with van der Waals surface area (Å²) in [6, 6.07) is 0. The van der Waals surface area contributed by atoms with E-state index in [0.29, 0.717) is 6.42 Å². The van der Waals surface area contributed by atoms with Crippen molar-refractivity contribution in [2.45, 2.75) is 23.9 Å². The van der Waals surface area contributed by atoms with Crippen LogP contribution in [0, 0.1) is 5.92 Å². The fraction of sp³-hybridized carbons (Fsp3) is 1.00. The fourth-order valence-corrected chi connectivity index (χ4v) is 2.60. The van der Waals surface area contributed by atoms with Gasteiger partial charge in [0.1, 0.15) is 0 Å². The number of ether oxygens (including phenoxy) is 2. The second-order valence-corrected chi connectivity index (χ2v) is 3.79. The third-order valence-electron chi connectivity index (χ3n) is 3.11. The van der Waals surface area contributed by atoms with Crippen molar-refractivity contribution in [2.75, 3.05) is 13.1 Å². The molecule has 2 heterocycles. The van der Waals surface area contributed by atoms with Crippen molar-refractivity contribution in [3.8, 4) is 0 Å². The van der Waals surface area contributed by atoms with Crippen molar-refractivity contribution in [1.29, 1.82) is 0 Å². The first-order valence-electron chi connectivity index (χ1n) is 4.70. The van der Waals surface area contributed by atoms with Crippen LogP contribution in [-0.4, -0.2) is 35.7 Å². The van der Waals surface area contributed by atoms with E-state index in [2.05, 4.69) is 10.0 Å². The van der Waals surface area contributed by atoms with Crippen LogP contribution in [0.2, 0.25) is 0 Å². The lowest BCUT2D eigenvalue weighted by molar-refractivity contribution is -0.427. The van der Waals surface area contributed by atoms with Gasteiger partial charge in [0.05, 0.1) is 32.1 Å². The molecule has 0 aromatic heterocycles. The molecule has 2 aliphatic heterocycles. The van der Waals surface area contributed by atoms with Crippen molar-refractivity contribution < 1.29 is 16.0 Å². The standard InChI is InChI=1S/C7H9N3O3/c8-10-9-3-6-2-7(11)5(6)4(13-7)1-12-6/h4-5,11H,1-3H2/t4?,5?,6-,7?/m1/s1/i1T/t1-,4?,5?,6+,7?/m0. The molecule has 0 bridgehead atoms. The first-order valence-corrected chi connectivity index (χ1v) is 4.12. The molecule has 13 heavy (non-hydrogen) atoms. The molecule has 0 amide bonds. The van der Waals surface area contributed by atoms with Crippen LogP contribution in [0.5, 0.6) is 0 Å². The van der Waals surface area contributed by atoms with Crippen LogP contribution in [0.15, 0.2) is 5.11 Å². The van der Waals surface area contributed by atoms with Gasteiger partial charge in [-0.25, -0.2) is 0 Å². The molecule has 0 radical (unpaired) electrons. The maximum absolute atomic E-state index is 9.71. The van der Waals surface area contributed by atoms with Crippen LogP contribution in [0.25, 0.3) is 10.4 Å². The number of hydrogen-bond acceptors (Lipinski definition) is 4. The molecule has 6 heteroatoms. The Balaban J connectivity index is 1.87. The highest BCUT2D eigenvalue weighted by Crippen LogP contribution is 2.64. The van der Waals surface area contributed by atoms with Crippen LogP contribution in [0.4, 0.5) is 0 Å². The normalized spacial score (nSPS) is 62.5. The Morgan fingerprint density at radius 2 is 2.69 bits per heavy atom. The van der Waals surface area contributed by atoms with E-state index in [-0.39, 0.29) is 18.6 Å².